The minimum atomic E-state index is -0.165. The monoisotopic (exact) mass is 422 g/mol. The lowest BCUT2D eigenvalue weighted by atomic mass is 10.2. The van der Waals surface area contributed by atoms with E-state index < -0.39 is 0 Å². The lowest BCUT2D eigenvalue weighted by Gasteiger charge is -2.29. The van der Waals surface area contributed by atoms with Gasteiger partial charge in [-0.15, -0.1) is 11.3 Å². The molecule has 7 heteroatoms. The van der Waals surface area contributed by atoms with Crippen LogP contribution in [0.25, 0.3) is 0 Å². The number of aryl methyl sites for hydroxylation is 1. The number of rotatable bonds is 7. The van der Waals surface area contributed by atoms with Crippen LogP contribution in [0.3, 0.4) is 0 Å². The standard InChI is InChI=1S/C23H22N2O4S/c1-16-5-8-18(9-6-16)28-12-3-11-25-19-10-7-17(14-20(19)29-15-22(25)26)24-23(27)21-4-2-13-30-21/h2,4-10,13-14H,3,11-12,15H2,1H3,(H,24,27). The molecule has 0 atom stereocenters. The van der Waals surface area contributed by atoms with Crippen molar-refractivity contribution in [2.45, 2.75) is 13.3 Å². The van der Waals surface area contributed by atoms with Crippen molar-refractivity contribution in [3.05, 3.63) is 70.4 Å². The quantitative estimate of drug-likeness (QED) is 0.569. The SMILES string of the molecule is Cc1ccc(OCCCN2C(=O)COc3cc(NC(=O)c4cccs4)ccc32)cc1. The second-order valence-electron chi connectivity index (χ2n) is 6.96. The number of fused-ring (bicyclic) bond motifs is 1. The van der Waals surface area contributed by atoms with Crippen LogP contribution in [0.1, 0.15) is 21.7 Å². The molecule has 4 rings (SSSR count). The molecule has 0 unspecified atom stereocenters. The van der Waals surface area contributed by atoms with Gasteiger partial charge in [0.15, 0.2) is 6.61 Å². The fraction of sp³-hybridized carbons (Fsp3) is 0.217. The number of amides is 2. The van der Waals surface area contributed by atoms with Crippen molar-refractivity contribution in [1.82, 2.24) is 0 Å². The summed E-state index contributed by atoms with van der Waals surface area (Å²) in [5.74, 6) is 1.15. The molecule has 0 saturated heterocycles. The van der Waals surface area contributed by atoms with E-state index in [4.69, 9.17) is 9.47 Å². The Morgan fingerprint density at radius 2 is 2.03 bits per heavy atom. The van der Waals surface area contributed by atoms with Gasteiger partial charge in [-0.3, -0.25) is 9.59 Å². The Bertz CT molecular complexity index is 1030. The Balaban J connectivity index is 1.37. The fourth-order valence-corrected chi connectivity index (χ4v) is 3.79. The molecule has 154 valence electrons. The van der Waals surface area contributed by atoms with Crippen LogP contribution in [0.15, 0.2) is 60.0 Å². The number of hydrogen-bond acceptors (Lipinski definition) is 5. The summed E-state index contributed by atoms with van der Waals surface area (Å²) in [7, 11) is 0. The van der Waals surface area contributed by atoms with Crippen LogP contribution in [0.2, 0.25) is 0 Å². The summed E-state index contributed by atoms with van der Waals surface area (Å²) in [6.45, 7) is 3.05. The highest BCUT2D eigenvalue weighted by atomic mass is 32.1. The minimum absolute atomic E-state index is 0.0197. The largest absolute Gasteiger partial charge is 0.494 e. The first-order chi connectivity index (χ1) is 14.6. The molecule has 1 aliphatic rings. The molecular weight excluding hydrogens is 400 g/mol. The van der Waals surface area contributed by atoms with Crippen LogP contribution >= 0.6 is 11.3 Å². The van der Waals surface area contributed by atoms with Crippen molar-refractivity contribution in [3.8, 4) is 11.5 Å². The van der Waals surface area contributed by atoms with E-state index >= 15 is 0 Å². The number of hydrogen-bond donors (Lipinski definition) is 1. The zero-order valence-electron chi connectivity index (χ0n) is 16.6. The number of carbonyl (C=O) groups is 2. The van der Waals surface area contributed by atoms with Crippen LogP contribution in [-0.2, 0) is 4.79 Å². The van der Waals surface area contributed by atoms with Crippen LogP contribution in [-0.4, -0.2) is 31.6 Å². The van der Waals surface area contributed by atoms with Gasteiger partial charge in [0.2, 0.25) is 0 Å². The Kier molecular flexibility index (Phi) is 5.99. The summed E-state index contributed by atoms with van der Waals surface area (Å²) in [5, 5.41) is 4.72. The first-order valence-electron chi connectivity index (χ1n) is 9.72. The van der Waals surface area contributed by atoms with Gasteiger partial charge >= 0.3 is 0 Å². The van der Waals surface area contributed by atoms with Gasteiger partial charge in [0.1, 0.15) is 11.5 Å². The van der Waals surface area contributed by atoms with Crippen molar-refractivity contribution in [3.63, 3.8) is 0 Å². The van der Waals surface area contributed by atoms with Crippen molar-refractivity contribution in [2.75, 3.05) is 30.0 Å². The number of carbonyl (C=O) groups excluding carboxylic acids is 2. The van der Waals surface area contributed by atoms with Gasteiger partial charge < -0.3 is 19.7 Å². The summed E-state index contributed by atoms with van der Waals surface area (Å²) < 4.78 is 11.4. The van der Waals surface area contributed by atoms with Crippen molar-refractivity contribution in [1.29, 1.82) is 0 Å². The van der Waals surface area contributed by atoms with Gasteiger partial charge in [-0.1, -0.05) is 23.8 Å². The van der Waals surface area contributed by atoms with Gasteiger partial charge in [-0.25, -0.2) is 0 Å². The molecule has 1 aliphatic heterocycles. The third-order valence-corrected chi connectivity index (χ3v) is 5.59. The third kappa shape index (κ3) is 4.63. The number of nitrogens with zero attached hydrogens (tertiary/aromatic N) is 1. The van der Waals surface area contributed by atoms with Crippen molar-refractivity contribution in [2.24, 2.45) is 0 Å². The predicted molar refractivity (Wildman–Crippen MR) is 118 cm³/mol. The zero-order chi connectivity index (χ0) is 20.9. The number of anilines is 2. The normalized spacial score (nSPS) is 12.8. The Labute approximate surface area is 179 Å². The van der Waals surface area contributed by atoms with Gasteiger partial charge in [0.25, 0.3) is 11.8 Å². The maximum Gasteiger partial charge on any atom is 0.265 e. The van der Waals surface area contributed by atoms with Crippen molar-refractivity contribution < 1.29 is 19.1 Å². The first-order valence-corrected chi connectivity index (χ1v) is 10.6. The molecule has 2 amide bonds. The van der Waals surface area contributed by atoms with Crippen LogP contribution in [0, 0.1) is 6.92 Å². The average Bonchev–Trinajstić information content (AvgIpc) is 3.29. The van der Waals surface area contributed by atoms with E-state index in [1.807, 2.05) is 42.6 Å². The smallest absolute Gasteiger partial charge is 0.265 e. The highest BCUT2D eigenvalue weighted by Gasteiger charge is 2.25. The molecule has 3 aromatic rings. The number of benzene rings is 2. The molecule has 30 heavy (non-hydrogen) atoms. The van der Waals surface area contributed by atoms with Crippen molar-refractivity contribution >= 4 is 34.5 Å². The number of ether oxygens (including phenoxy) is 2. The lowest BCUT2D eigenvalue weighted by Crippen LogP contribution is -2.39. The highest BCUT2D eigenvalue weighted by molar-refractivity contribution is 7.12. The summed E-state index contributed by atoms with van der Waals surface area (Å²) in [4.78, 5) is 27.0. The Morgan fingerprint density at radius 3 is 2.80 bits per heavy atom. The summed E-state index contributed by atoms with van der Waals surface area (Å²) in [6.07, 6.45) is 0.690. The van der Waals surface area contributed by atoms with E-state index in [0.717, 1.165) is 5.75 Å². The van der Waals surface area contributed by atoms with Gasteiger partial charge in [0, 0.05) is 18.3 Å². The second kappa shape index (κ2) is 9.00. The van der Waals surface area contributed by atoms with Crippen LogP contribution in [0.4, 0.5) is 11.4 Å². The summed E-state index contributed by atoms with van der Waals surface area (Å²) >= 11 is 1.38. The van der Waals surface area contributed by atoms with Gasteiger partial charge in [-0.05, 0) is 49.1 Å². The number of nitrogens with one attached hydrogen (secondary N) is 1. The predicted octanol–water partition coefficient (Wildman–Crippen LogP) is 4.50. The Hall–Kier alpha value is -3.32. The molecule has 0 fully saturated rings. The summed E-state index contributed by atoms with van der Waals surface area (Å²) in [6, 6.07) is 16.8. The molecule has 1 N–H and O–H groups in total. The van der Waals surface area contributed by atoms with E-state index in [1.165, 1.54) is 16.9 Å². The molecule has 2 aromatic carbocycles. The fourth-order valence-electron chi connectivity index (χ4n) is 3.18. The molecular formula is C23H22N2O4S. The molecule has 0 radical (unpaired) electrons. The van der Waals surface area contributed by atoms with E-state index in [2.05, 4.69) is 5.32 Å². The maximum absolute atomic E-state index is 12.4. The summed E-state index contributed by atoms with van der Waals surface area (Å²) in [5.41, 5.74) is 2.52. The third-order valence-electron chi connectivity index (χ3n) is 4.72. The van der Waals surface area contributed by atoms with Crippen LogP contribution in [0.5, 0.6) is 11.5 Å². The van der Waals surface area contributed by atoms with Gasteiger partial charge in [0.05, 0.1) is 17.2 Å². The van der Waals surface area contributed by atoms with E-state index in [0.29, 0.717) is 41.6 Å². The van der Waals surface area contributed by atoms with E-state index in [1.54, 1.807) is 29.2 Å². The first kappa shape index (κ1) is 20.0. The zero-order valence-corrected chi connectivity index (χ0v) is 17.4. The molecule has 0 spiro atoms. The highest BCUT2D eigenvalue weighted by Crippen LogP contribution is 2.34. The molecule has 6 nitrogen and oxygen atoms in total. The van der Waals surface area contributed by atoms with Crippen LogP contribution < -0.4 is 19.7 Å². The molecule has 0 bridgehead atoms. The van der Waals surface area contributed by atoms with E-state index in [-0.39, 0.29) is 18.4 Å². The Morgan fingerprint density at radius 1 is 1.20 bits per heavy atom. The molecule has 0 aliphatic carbocycles. The van der Waals surface area contributed by atoms with E-state index in [9.17, 15) is 9.59 Å². The topological polar surface area (TPSA) is 67.9 Å². The lowest BCUT2D eigenvalue weighted by molar-refractivity contribution is -0.121. The molecule has 1 aromatic heterocycles. The second-order valence-corrected chi connectivity index (χ2v) is 7.91. The van der Waals surface area contributed by atoms with Gasteiger partial charge in [-0.2, -0.15) is 0 Å². The number of thiophene rings is 1. The molecule has 2 heterocycles. The minimum Gasteiger partial charge on any atom is -0.494 e. The maximum atomic E-state index is 12.4. The average molecular weight is 423 g/mol. The molecule has 0 saturated carbocycles.